The second-order valence-electron chi connectivity index (χ2n) is 4.01. The highest BCUT2D eigenvalue weighted by Gasteiger charge is 2.16. The van der Waals surface area contributed by atoms with Gasteiger partial charge in [0.2, 0.25) is 5.76 Å². The van der Waals surface area contributed by atoms with Crippen LogP contribution in [0, 0.1) is 6.92 Å². The van der Waals surface area contributed by atoms with Gasteiger partial charge in [0.05, 0.1) is 20.4 Å². The van der Waals surface area contributed by atoms with Crippen LogP contribution in [0.5, 0.6) is 0 Å². The van der Waals surface area contributed by atoms with Gasteiger partial charge in [0.1, 0.15) is 5.52 Å². The SMILES string of the molecule is Cc1cc(C(=O)Nc2nc3c(Cl)ccc(Cl)c3s2)on1. The molecule has 0 aliphatic carbocycles. The molecular formula is C12H7Cl2N3O2S. The van der Waals surface area contributed by atoms with Gasteiger partial charge >= 0.3 is 0 Å². The summed E-state index contributed by atoms with van der Waals surface area (Å²) in [6.07, 6.45) is 0. The van der Waals surface area contributed by atoms with Crippen LogP contribution in [0.25, 0.3) is 10.2 Å². The molecule has 8 heteroatoms. The molecule has 3 aromatic rings. The van der Waals surface area contributed by atoms with Gasteiger partial charge < -0.3 is 4.52 Å². The van der Waals surface area contributed by atoms with Crippen LogP contribution in [0.2, 0.25) is 10.0 Å². The Morgan fingerprint density at radius 3 is 2.75 bits per heavy atom. The van der Waals surface area contributed by atoms with E-state index >= 15 is 0 Å². The van der Waals surface area contributed by atoms with E-state index < -0.39 is 5.91 Å². The minimum atomic E-state index is -0.420. The molecule has 0 saturated heterocycles. The molecule has 1 amide bonds. The fourth-order valence-corrected chi connectivity index (χ4v) is 3.04. The Morgan fingerprint density at radius 1 is 1.35 bits per heavy atom. The third-order valence-corrected chi connectivity index (χ3v) is 4.25. The number of thiazole rings is 1. The van der Waals surface area contributed by atoms with Gasteiger partial charge in [-0.1, -0.05) is 39.7 Å². The maximum Gasteiger partial charge on any atom is 0.296 e. The van der Waals surface area contributed by atoms with E-state index in [1.54, 1.807) is 25.1 Å². The minimum absolute atomic E-state index is 0.124. The summed E-state index contributed by atoms with van der Waals surface area (Å²) < 4.78 is 5.61. The molecule has 102 valence electrons. The maximum absolute atomic E-state index is 11.9. The predicted molar refractivity (Wildman–Crippen MR) is 78.8 cm³/mol. The fraction of sp³-hybridized carbons (Fsp3) is 0.0833. The first-order valence-electron chi connectivity index (χ1n) is 5.54. The Morgan fingerprint density at radius 2 is 2.10 bits per heavy atom. The Bertz CT molecular complexity index is 773. The zero-order chi connectivity index (χ0) is 14.3. The lowest BCUT2D eigenvalue weighted by molar-refractivity contribution is 0.0988. The number of halogens is 2. The standard InChI is InChI=1S/C12H7Cl2N3O2S/c1-5-4-8(19-17-5)11(18)16-12-15-9-6(13)2-3-7(14)10(9)20-12/h2-4H,1H3,(H,15,16,18). The zero-order valence-corrected chi connectivity index (χ0v) is 12.4. The lowest BCUT2D eigenvalue weighted by Crippen LogP contribution is -2.10. The van der Waals surface area contributed by atoms with Crippen LogP contribution < -0.4 is 5.32 Å². The summed E-state index contributed by atoms with van der Waals surface area (Å²) in [7, 11) is 0. The predicted octanol–water partition coefficient (Wildman–Crippen LogP) is 4.15. The first-order chi connectivity index (χ1) is 9.54. The van der Waals surface area contributed by atoms with Crippen molar-refractivity contribution >= 4 is 55.8 Å². The second kappa shape index (κ2) is 5.05. The largest absolute Gasteiger partial charge is 0.351 e. The molecule has 5 nitrogen and oxygen atoms in total. The molecule has 0 unspecified atom stereocenters. The van der Waals surface area contributed by atoms with Crippen molar-refractivity contribution in [3.05, 3.63) is 39.7 Å². The average molecular weight is 328 g/mol. The number of rotatable bonds is 2. The molecule has 20 heavy (non-hydrogen) atoms. The first kappa shape index (κ1) is 13.4. The summed E-state index contributed by atoms with van der Waals surface area (Å²) in [6, 6.07) is 4.90. The first-order valence-corrected chi connectivity index (χ1v) is 7.11. The number of benzene rings is 1. The minimum Gasteiger partial charge on any atom is -0.351 e. The van der Waals surface area contributed by atoms with Crippen molar-refractivity contribution in [1.82, 2.24) is 10.1 Å². The van der Waals surface area contributed by atoms with Crippen molar-refractivity contribution in [3.63, 3.8) is 0 Å². The number of nitrogens with zero attached hydrogens (tertiary/aromatic N) is 2. The van der Waals surface area contributed by atoms with E-state index in [4.69, 9.17) is 27.7 Å². The topological polar surface area (TPSA) is 68.0 Å². The molecule has 0 aliphatic heterocycles. The van der Waals surface area contributed by atoms with Crippen LogP contribution >= 0.6 is 34.5 Å². The third-order valence-electron chi connectivity index (χ3n) is 2.52. The molecule has 0 bridgehead atoms. The molecule has 0 radical (unpaired) electrons. The van der Waals surface area contributed by atoms with E-state index in [1.807, 2.05) is 0 Å². The molecule has 0 saturated carbocycles. The number of amides is 1. The van der Waals surface area contributed by atoms with E-state index in [-0.39, 0.29) is 5.76 Å². The van der Waals surface area contributed by atoms with Gasteiger partial charge in [-0.05, 0) is 19.1 Å². The summed E-state index contributed by atoms with van der Waals surface area (Å²) in [6.45, 7) is 1.73. The highest BCUT2D eigenvalue weighted by Crippen LogP contribution is 2.36. The number of hydrogen-bond donors (Lipinski definition) is 1. The van der Waals surface area contributed by atoms with Crippen molar-refractivity contribution in [3.8, 4) is 0 Å². The molecule has 3 rings (SSSR count). The summed E-state index contributed by atoms with van der Waals surface area (Å²) in [5.74, 6) is -0.296. The van der Waals surface area contributed by atoms with Crippen LogP contribution in [-0.4, -0.2) is 16.0 Å². The Labute approximate surface area is 127 Å². The van der Waals surface area contributed by atoms with E-state index in [0.717, 1.165) is 4.70 Å². The number of nitrogens with one attached hydrogen (secondary N) is 1. The number of fused-ring (bicyclic) bond motifs is 1. The summed E-state index contributed by atoms with van der Waals surface area (Å²) >= 11 is 13.4. The van der Waals surface area contributed by atoms with E-state index in [9.17, 15) is 4.79 Å². The Kier molecular flexibility index (Phi) is 3.37. The van der Waals surface area contributed by atoms with Gasteiger partial charge in [-0.3, -0.25) is 10.1 Å². The number of carbonyl (C=O) groups excluding carboxylic acids is 1. The van der Waals surface area contributed by atoms with Crippen molar-refractivity contribution in [2.24, 2.45) is 0 Å². The monoisotopic (exact) mass is 327 g/mol. The van der Waals surface area contributed by atoms with Crippen molar-refractivity contribution in [2.45, 2.75) is 6.92 Å². The van der Waals surface area contributed by atoms with Crippen LogP contribution in [0.1, 0.15) is 16.2 Å². The van der Waals surface area contributed by atoms with Gasteiger partial charge in [0, 0.05) is 6.07 Å². The van der Waals surface area contributed by atoms with Gasteiger partial charge in [0.25, 0.3) is 5.91 Å². The zero-order valence-electron chi connectivity index (χ0n) is 10.1. The lowest BCUT2D eigenvalue weighted by Gasteiger charge is -1.95. The van der Waals surface area contributed by atoms with Gasteiger partial charge in [-0.25, -0.2) is 4.98 Å². The molecule has 2 aromatic heterocycles. The van der Waals surface area contributed by atoms with Gasteiger partial charge in [-0.2, -0.15) is 0 Å². The number of carbonyl (C=O) groups is 1. The number of anilines is 1. The summed E-state index contributed by atoms with van der Waals surface area (Å²) in [5.41, 5.74) is 1.19. The molecule has 0 aliphatic rings. The van der Waals surface area contributed by atoms with E-state index in [0.29, 0.717) is 26.4 Å². The second-order valence-corrected chi connectivity index (χ2v) is 5.83. The molecule has 1 N–H and O–H groups in total. The smallest absolute Gasteiger partial charge is 0.296 e. The van der Waals surface area contributed by atoms with Crippen molar-refractivity contribution in [2.75, 3.05) is 5.32 Å². The van der Waals surface area contributed by atoms with Crippen molar-refractivity contribution < 1.29 is 9.32 Å². The molecule has 0 atom stereocenters. The molecule has 0 fully saturated rings. The summed E-state index contributed by atoms with van der Waals surface area (Å²) in [5, 5.41) is 7.71. The fourth-order valence-electron chi connectivity index (χ4n) is 1.63. The van der Waals surface area contributed by atoms with Crippen LogP contribution in [-0.2, 0) is 0 Å². The number of aryl methyl sites for hydroxylation is 1. The number of hydrogen-bond acceptors (Lipinski definition) is 5. The third kappa shape index (κ3) is 2.37. The molecule has 1 aromatic carbocycles. The normalized spacial score (nSPS) is 10.9. The molecule has 2 heterocycles. The van der Waals surface area contributed by atoms with Gasteiger partial charge in [0.15, 0.2) is 5.13 Å². The van der Waals surface area contributed by atoms with Crippen LogP contribution in [0.4, 0.5) is 5.13 Å². The average Bonchev–Trinajstić information content (AvgIpc) is 3.01. The van der Waals surface area contributed by atoms with E-state index in [2.05, 4.69) is 15.5 Å². The highest BCUT2D eigenvalue weighted by atomic mass is 35.5. The summed E-state index contributed by atoms with van der Waals surface area (Å²) in [4.78, 5) is 16.2. The lowest BCUT2D eigenvalue weighted by atomic mass is 10.3. The van der Waals surface area contributed by atoms with Crippen LogP contribution in [0.3, 0.4) is 0 Å². The Balaban J connectivity index is 1.93. The van der Waals surface area contributed by atoms with Crippen LogP contribution in [0.15, 0.2) is 22.7 Å². The van der Waals surface area contributed by atoms with Gasteiger partial charge in [-0.15, -0.1) is 0 Å². The molecule has 0 spiro atoms. The maximum atomic E-state index is 11.9. The van der Waals surface area contributed by atoms with E-state index in [1.165, 1.54) is 11.3 Å². The highest BCUT2D eigenvalue weighted by molar-refractivity contribution is 7.23. The molecular weight excluding hydrogens is 321 g/mol. The van der Waals surface area contributed by atoms with Crippen molar-refractivity contribution in [1.29, 1.82) is 0 Å². The Hall–Kier alpha value is -1.63. The quantitative estimate of drug-likeness (QED) is 0.767. The number of aromatic nitrogens is 2.